The van der Waals surface area contributed by atoms with Gasteiger partial charge in [0.15, 0.2) is 0 Å². The van der Waals surface area contributed by atoms with Crippen molar-refractivity contribution in [2.45, 2.75) is 6.42 Å². The molecule has 3 nitrogen and oxygen atoms in total. The van der Waals surface area contributed by atoms with Crippen molar-refractivity contribution in [2.75, 3.05) is 5.75 Å². The van der Waals surface area contributed by atoms with Crippen LogP contribution in [0.5, 0.6) is 0 Å². The van der Waals surface area contributed by atoms with E-state index in [1.54, 1.807) is 12.1 Å². The van der Waals surface area contributed by atoms with Crippen LogP contribution in [0.25, 0.3) is 0 Å². The Bertz CT molecular complexity index is 376. The van der Waals surface area contributed by atoms with E-state index in [-0.39, 0.29) is 6.42 Å². The van der Waals surface area contributed by atoms with Gasteiger partial charge in [-0.25, -0.2) is 0 Å². The maximum Gasteiger partial charge on any atom is 0.302 e. The van der Waals surface area contributed by atoms with Crippen molar-refractivity contribution < 1.29 is 12.3 Å². The molecule has 1 aromatic rings. The van der Waals surface area contributed by atoms with Gasteiger partial charge in [0.1, 0.15) is 0 Å². The molecule has 0 unspecified atom stereocenters. The minimum Gasteiger partial charge on any atom is -0.260 e. The molecule has 1 heterocycles. The van der Waals surface area contributed by atoms with E-state index < -0.39 is 16.0 Å². The fraction of sp³-hybridized carbons (Fsp3) is 0.286. The number of rotatable bonds is 3. The second-order valence-corrected chi connectivity index (χ2v) is 4.38. The van der Waals surface area contributed by atoms with Gasteiger partial charge in [0, 0.05) is 18.3 Å². The second kappa shape index (κ2) is 4.02. The zero-order chi connectivity index (χ0) is 9.90. The minimum absolute atomic E-state index is 0.0655. The Kier molecular flexibility index (Phi) is 3.22. The third-order valence-electron chi connectivity index (χ3n) is 1.39. The molecule has 1 aromatic heterocycles. The molecule has 0 bridgehead atoms. The van der Waals surface area contributed by atoms with Gasteiger partial charge in [-0.05, 0) is 12.1 Å². The summed E-state index contributed by atoms with van der Waals surface area (Å²) in [5.41, 5.74) is 0.505. The van der Waals surface area contributed by atoms with Crippen LogP contribution >= 0.6 is 11.6 Å². The maximum atomic E-state index is 12.1. The Morgan fingerprint density at radius 2 is 2.15 bits per heavy atom. The number of nitrogens with zero attached hydrogens (tertiary/aromatic N) is 1. The van der Waals surface area contributed by atoms with Crippen molar-refractivity contribution >= 4 is 21.8 Å². The average molecular weight is 224 g/mol. The third-order valence-corrected chi connectivity index (χ3v) is 2.31. The van der Waals surface area contributed by atoms with E-state index in [0.717, 1.165) is 0 Å². The number of halogens is 2. The zero-order valence-corrected chi connectivity index (χ0v) is 8.15. The molecule has 0 fully saturated rings. The van der Waals surface area contributed by atoms with Crippen molar-refractivity contribution in [1.29, 1.82) is 0 Å². The smallest absolute Gasteiger partial charge is 0.260 e. The largest absolute Gasteiger partial charge is 0.302 e. The molecule has 0 aliphatic heterocycles. The van der Waals surface area contributed by atoms with E-state index in [2.05, 4.69) is 4.98 Å². The van der Waals surface area contributed by atoms with Gasteiger partial charge in [0.2, 0.25) is 0 Å². The van der Waals surface area contributed by atoms with E-state index >= 15 is 0 Å². The van der Waals surface area contributed by atoms with Gasteiger partial charge in [0.25, 0.3) is 0 Å². The fourth-order valence-corrected chi connectivity index (χ4v) is 1.35. The van der Waals surface area contributed by atoms with E-state index in [1.165, 1.54) is 6.20 Å². The van der Waals surface area contributed by atoms with Gasteiger partial charge in [-0.2, -0.15) is 8.42 Å². The summed E-state index contributed by atoms with van der Waals surface area (Å²) in [4.78, 5) is 3.82. The SMILES string of the molecule is O=S(=O)(F)CCc1ccc(Cl)cn1. The molecule has 72 valence electrons. The average Bonchev–Trinajstić information content (AvgIpc) is 2.02. The van der Waals surface area contributed by atoms with E-state index in [0.29, 0.717) is 10.7 Å². The molecule has 0 aromatic carbocycles. The van der Waals surface area contributed by atoms with Crippen LogP contribution in [0.1, 0.15) is 5.69 Å². The Hall–Kier alpha value is -0.680. The Morgan fingerprint density at radius 1 is 1.46 bits per heavy atom. The van der Waals surface area contributed by atoms with Crippen LogP contribution in [0.3, 0.4) is 0 Å². The highest BCUT2D eigenvalue weighted by atomic mass is 35.5. The summed E-state index contributed by atoms with van der Waals surface area (Å²) in [6.45, 7) is 0. The van der Waals surface area contributed by atoms with Crippen molar-refractivity contribution in [1.82, 2.24) is 4.98 Å². The summed E-state index contributed by atoms with van der Waals surface area (Å²) in [6, 6.07) is 3.14. The molecule has 0 radical (unpaired) electrons. The lowest BCUT2D eigenvalue weighted by Gasteiger charge is -1.96. The molecule has 13 heavy (non-hydrogen) atoms. The molecule has 0 spiro atoms. The van der Waals surface area contributed by atoms with Gasteiger partial charge >= 0.3 is 10.2 Å². The van der Waals surface area contributed by atoms with Gasteiger partial charge in [-0.1, -0.05) is 11.6 Å². The molecule has 6 heteroatoms. The molecule has 0 N–H and O–H groups in total. The first-order valence-electron chi connectivity index (χ1n) is 3.50. The molecule has 0 aliphatic rings. The lowest BCUT2D eigenvalue weighted by Crippen LogP contribution is -2.03. The monoisotopic (exact) mass is 223 g/mol. The number of hydrogen-bond acceptors (Lipinski definition) is 3. The minimum atomic E-state index is -4.41. The zero-order valence-electron chi connectivity index (χ0n) is 6.57. The predicted octanol–water partition coefficient (Wildman–Crippen LogP) is 1.58. The van der Waals surface area contributed by atoms with Crippen molar-refractivity contribution in [2.24, 2.45) is 0 Å². The maximum absolute atomic E-state index is 12.1. The molecule has 0 amide bonds. The first-order chi connectivity index (χ1) is 5.97. The van der Waals surface area contributed by atoms with Gasteiger partial charge in [0.05, 0.1) is 10.8 Å². The molecule has 0 aliphatic carbocycles. The van der Waals surface area contributed by atoms with E-state index in [9.17, 15) is 12.3 Å². The van der Waals surface area contributed by atoms with Crippen LogP contribution < -0.4 is 0 Å². The standard InChI is InChI=1S/C7H7ClFNO2S/c8-6-1-2-7(10-5-6)3-4-13(9,11)12/h1-2,5H,3-4H2. The van der Waals surface area contributed by atoms with Crippen LogP contribution in [0.2, 0.25) is 5.02 Å². The number of aromatic nitrogens is 1. The summed E-state index contributed by atoms with van der Waals surface area (Å²) >= 11 is 5.55. The van der Waals surface area contributed by atoms with Crippen molar-refractivity contribution in [3.63, 3.8) is 0 Å². The van der Waals surface area contributed by atoms with Crippen molar-refractivity contribution in [3.05, 3.63) is 29.0 Å². The predicted molar refractivity (Wildman–Crippen MR) is 47.8 cm³/mol. The number of hydrogen-bond donors (Lipinski definition) is 0. The highest BCUT2D eigenvalue weighted by Crippen LogP contribution is 2.07. The Morgan fingerprint density at radius 3 is 2.62 bits per heavy atom. The Balaban J connectivity index is 2.61. The first-order valence-corrected chi connectivity index (χ1v) is 5.43. The van der Waals surface area contributed by atoms with Gasteiger partial charge in [-0.3, -0.25) is 4.98 Å². The third kappa shape index (κ3) is 4.19. The summed E-state index contributed by atoms with van der Waals surface area (Å²) in [6.07, 6.45) is 1.46. The van der Waals surface area contributed by atoms with Crippen LogP contribution in [0, 0.1) is 0 Å². The summed E-state index contributed by atoms with van der Waals surface area (Å²) in [5, 5.41) is 0.465. The number of pyridine rings is 1. The summed E-state index contributed by atoms with van der Waals surface area (Å²) in [5.74, 6) is -0.540. The molecule has 0 saturated carbocycles. The lowest BCUT2D eigenvalue weighted by molar-refractivity contribution is 0.551. The number of aryl methyl sites for hydroxylation is 1. The summed E-state index contributed by atoms with van der Waals surface area (Å²) in [7, 11) is -4.41. The molecule has 0 saturated heterocycles. The lowest BCUT2D eigenvalue weighted by atomic mass is 10.3. The van der Waals surface area contributed by atoms with E-state index in [4.69, 9.17) is 11.6 Å². The van der Waals surface area contributed by atoms with Crippen LogP contribution in [-0.4, -0.2) is 19.2 Å². The Labute approximate surface area is 80.8 Å². The van der Waals surface area contributed by atoms with Crippen LogP contribution in [-0.2, 0) is 16.6 Å². The highest BCUT2D eigenvalue weighted by molar-refractivity contribution is 7.86. The van der Waals surface area contributed by atoms with Crippen LogP contribution in [0.15, 0.2) is 18.3 Å². The van der Waals surface area contributed by atoms with Gasteiger partial charge < -0.3 is 0 Å². The highest BCUT2D eigenvalue weighted by Gasteiger charge is 2.07. The van der Waals surface area contributed by atoms with E-state index in [1.807, 2.05) is 0 Å². The topological polar surface area (TPSA) is 47.0 Å². The second-order valence-electron chi connectivity index (χ2n) is 2.46. The molecular formula is C7H7ClFNO2S. The first kappa shape index (κ1) is 10.4. The van der Waals surface area contributed by atoms with Crippen LogP contribution in [0.4, 0.5) is 3.89 Å². The molecular weight excluding hydrogens is 217 g/mol. The van der Waals surface area contributed by atoms with Crippen molar-refractivity contribution in [3.8, 4) is 0 Å². The molecule has 0 atom stereocenters. The fourth-order valence-electron chi connectivity index (χ4n) is 0.781. The quantitative estimate of drug-likeness (QED) is 0.731. The molecule has 1 rings (SSSR count). The normalized spacial score (nSPS) is 11.5. The summed E-state index contributed by atoms with van der Waals surface area (Å²) < 4.78 is 32.4. The van der Waals surface area contributed by atoms with Gasteiger partial charge in [-0.15, -0.1) is 3.89 Å².